The van der Waals surface area contributed by atoms with Crippen molar-refractivity contribution < 1.29 is 53.1 Å². The number of rotatable bonds is 50. The molecule has 0 fully saturated rings. The number of unbranched alkanes of at least 4 members (excludes halogenated alkanes) is 2. The highest BCUT2D eigenvalue weighted by Gasteiger charge is 2.36. The van der Waals surface area contributed by atoms with Gasteiger partial charge < -0.3 is 128 Å². The van der Waals surface area contributed by atoms with Crippen molar-refractivity contribution in [1.29, 1.82) is 0 Å². The average Bonchev–Trinajstić information content (AvgIpc) is 2.09. The molecule has 0 heterocycles. The monoisotopic (exact) mass is 1300 g/mol. The van der Waals surface area contributed by atoms with E-state index < -0.39 is 132 Å². The van der Waals surface area contributed by atoms with Crippen molar-refractivity contribution in [3.05, 3.63) is 0 Å². The topological polar surface area (TPSA) is 713 Å². The number of aliphatic carboxylic acids is 1. The summed E-state index contributed by atoms with van der Waals surface area (Å²) in [5.74, 6) is -11.0. The van der Waals surface area contributed by atoms with Crippen LogP contribution in [-0.2, 0) is 47.9 Å². The van der Waals surface area contributed by atoms with Crippen LogP contribution in [0.15, 0.2) is 25.0 Å². The van der Waals surface area contributed by atoms with E-state index in [9.17, 15) is 53.1 Å². The maximum Gasteiger partial charge on any atom is 0.326 e. The minimum Gasteiger partial charge on any atom is -0.480 e. The Morgan fingerprint density at radius 2 is 0.615 bits per heavy atom. The molecule has 0 aromatic carbocycles. The Morgan fingerprint density at radius 1 is 0.352 bits per heavy atom. The highest BCUT2D eigenvalue weighted by Crippen LogP contribution is 2.14. The molecule has 91 heavy (non-hydrogen) atoms. The predicted octanol–water partition coefficient (Wildman–Crippen LogP) is -8.89. The van der Waals surface area contributed by atoms with Gasteiger partial charge in [0.05, 0.1) is 6.04 Å². The van der Waals surface area contributed by atoms with Gasteiger partial charge in [0.1, 0.15) is 48.3 Å². The van der Waals surface area contributed by atoms with Gasteiger partial charge in [0, 0.05) is 39.1 Å². The normalized spacial score (nSPS) is 14.1. The number of hydrogen-bond acceptors (Lipinski definition) is 18. The molecule has 518 valence electrons. The lowest BCUT2D eigenvalue weighted by molar-refractivity contribution is -0.143. The molecule has 0 spiro atoms. The second kappa shape index (κ2) is 47.0. The lowest BCUT2D eigenvalue weighted by Gasteiger charge is -2.29. The number of amides is 9. The number of nitrogens with zero attached hydrogens (tertiary/aromatic N) is 5. The number of carboxylic acids is 1. The molecule has 0 aliphatic rings. The number of aliphatic imine (C=N–C) groups is 5. The minimum atomic E-state index is -1.65. The van der Waals surface area contributed by atoms with Gasteiger partial charge in [0.15, 0.2) is 29.8 Å². The maximum absolute atomic E-state index is 14.6. The Bertz CT molecular complexity index is 2450. The van der Waals surface area contributed by atoms with Crippen LogP contribution in [0.4, 0.5) is 0 Å². The number of hydrogen-bond donors (Lipinski definition) is 23. The Morgan fingerprint density at radius 3 is 0.901 bits per heavy atom. The van der Waals surface area contributed by atoms with Crippen LogP contribution in [0.25, 0.3) is 0 Å². The van der Waals surface area contributed by atoms with Crippen molar-refractivity contribution in [2.45, 2.75) is 190 Å². The average molecular weight is 1300 g/mol. The SMILES string of the molecule is CC[C@H](C)[C@H](NC(=O)[C@H](CCCN=C(N)N)NC(=O)[C@H](CCC(N)=O)NC(=O)[C@@H](CCCN=C(N)N)NC(=O)[C@H](CCCN=C(N)N)NC(=O)[C@H](CCCCN)NC(=O)[C@H](CCCCN)NC(=O)[C@H](N)CCCN=C(N)N)C(=O)N[C@H](CCCN=C(N)N)C(=O)O. The van der Waals surface area contributed by atoms with Crippen molar-refractivity contribution in [3.63, 3.8) is 0 Å². The summed E-state index contributed by atoms with van der Waals surface area (Å²) in [6.07, 6.45) is 1.37. The van der Waals surface area contributed by atoms with Crippen molar-refractivity contribution in [3.8, 4) is 0 Å². The first-order valence-corrected chi connectivity index (χ1v) is 30.3. The van der Waals surface area contributed by atoms with E-state index in [-0.39, 0.29) is 146 Å². The summed E-state index contributed by atoms with van der Waals surface area (Å²) in [6, 6.07) is -12.5. The van der Waals surface area contributed by atoms with Crippen LogP contribution in [0.2, 0.25) is 0 Å². The molecule has 0 aliphatic carbocycles. The van der Waals surface area contributed by atoms with E-state index in [0.29, 0.717) is 38.5 Å². The van der Waals surface area contributed by atoms with Crippen LogP contribution in [0.5, 0.6) is 0 Å². The van der Waals surface area contributed by atoms with Gasteiger partial charge in [-0.2, -0.15) is 0 Å². The number of carbonyl (C=O) groups excluding carboxylic acids is 9. The fourth-order valence-corrected chi connectivity index (χ4v) is 8.66. The molecule has 38 nitrogen and oxygen atoms in total. The quantitative estimate of drug-likeness (QED) is 0.0153. The van der Waals surface area contributed by atoms with E-state index in [0.717, 1.165) is 0 Å². The van der Waals surface area contributed by atoms with Gasteiger partial charge in [0.2, 0.25) is 53.2 Å². The molecule has 0 aromatic rings. The molecule has 9 amide bonds. The maximum atomic E-state index is 14.6. The Labute approximate surface area is 530 Å². The second-order valence-corrected chi connectivity index (χ2v) is 21.6. The van der Waals surface area contributed by atoms with Crippen molar-refractivity contribution >= 4 is 88.9 Å². The molecule has 0 bridgehead atoms. The largest absolute Gasteiger partial charge is 0.480 e. The summed E-state index contributed by atoms with van der Waals surface area (Å²) >= 11 is 0. The first kappa shape index (κ1) is 81.9. The van der Waals surface area contributed by atoms with Crippen LogP contribution in [0, 0.1) is 5.92 Å². The van der Waals surface area contributed by atoms with Gasteiger partial charge >= 0.3 is 5.97 Å². The van der Waals surface area contributed by atoms with Crippen molar-refractivity contribution in [2.24, 2.45) is 111 Å². The Balaban J connectivity index is 7.37. The summed E-state index contributed by atoms with van der Waals surface area (Å²) in [7, 11) is 0. The van der Waals surface area contributed by atoms with Gasteiger partial charge in [-0.3, -0.25) is 68.1 Å². The first-order chi connectivity index (χ1) is 43.0. The highest BCUT2D eigenvalue weighted by atomic mass is 16.4. The molecule has 0 aromatic heterocycles. The third-order valence-corrected chi connectivity index (χ3v) is 13.9. The van der Waals surface area contributed by atoms with Crippen LogP contribution in [0.3, 0.4) is 0 Å². The third-order valence-electron chi connectivity index (χ3n) is 13.9. The molecular formula is C53H105N27O11. The van der Waals surface area contributed by atoms with E-state index >= 15 is 0 Å². The summed E-state index contributed by atoms with van der Waals surface area (Å²) in [5, 5.41) is 30.8. The molecule has 0 saturated heterocycles. The van der Waals surface area contributed by atoms with Crippen molar-refractivity contribution in [2.75, 3.05) is 45.8 Å². The molecule has 0 unspecified atom stereocenters. The Hall–Kier alpha value is -9.07. The fraction of sp³-hybridized carbons (Fsp3) is 0.717. The molecule has 37 N–H and O–H groups in total. The van der Waals surface area contributed by atoms with Gasteiger partial charge in [-0.15, -0.1) is 0 Å². The lowest BCUT2D eigenvalue weighted by atomic mass is 9.96. The van der Waals surface area contributed by atoms with E-state index in [1.54, 1.807) is 13.8 Å². The van der Waals surface area contributed by atoms with Crippen LogP contribution < -0.4 is 123 Å². The molecule has 0 radical (unpaired) electrons. The van der Waals surface area contributed by atoms with E-state index in [1.807, 2.05) is 0 Å². The van der Waals surface area contributed by atoms with Gasteiger partial charge in [-0.25, -0.2) is 4.79 Å². The van der Waals surface area contributed by atoms with Crippen LogP contribution in [-0.4, -0.2) is 194 Å². The number of carbonyl (C=O) groups is 10. The standard InChI is InChI=1S/C53H105N27O11/c1-3-29(2)39(47(89)79-37(48(90)91)19-12-28-72-53(66)67)80-46(88)35(18-11-27-71-52(64)65)77-45(87)36(20-21-38(57)81)78-44(86)34(17-10-26-70-51(62)63)76-43(85)33(16-9-25-69-50(60)61)75-42(84)32(15-5-7-23-55)74-41(83)31(14-4-6-22-54)73-40(82)30(56)13-8-24-68-49(58)59/h29-37,39H,3-28,54-56H2,1-2H3,(H2,57,81)(H,73,82)(H,74,83)(H,75,84)(H,76,85)(H,77,87)(H,78,86)(H,79,89)(H,80,88)(H,90,91)(H4,58,59,68)(H4,60,61,69)(H4,62,63,70)(H4,64,65,71)(H4,66,67,72)/t29-,30+,31-,32-,33-,34+,35-,36-,37+,39-/m0/s1. The zero-order valence-corrected chi connectivity index (χ0v) is 52.5. The molecule has 0 saturated carbocycles. The smallest absolute Gasteiger partial charge is 0.326 e. The molecule has 0 rings (SSSR count). The number of nitrogens with two attached hydrogens (primary N) is 14. The van der Waals surface area contributed by atoms with Gasteiger partial charge in [-0.05, 0) is 128 Å². The Kier molecular flexibility index (Phi) is 42.3. The minimum absolute atomic E-state index is 0.0128. The van der Waals surface area contributed by atoms with E-state index in [4.69, 9.17) is 80.3 Å². The number of carboxylic acid groups (broad SMARTS) is 1. The first-order valence-electron chi connectivity index (χ1n) is 30.3. The molecule has 38 heteroatoms. The molecule has 0 aliphatic heterocycles. The van der Waals surface area contributed by atoms with E-state index in [2.05, 4.69) is 67.5 Å². The molecular weight excluding hydrogens is 1190 g/mol. The number of nitrogens with one attached hydrogen (secondary N) is 8. The summed E-state index contributed by atoms with van der Waals surface area (Å²) in [4.78, 5) is 158. The number of primary amides is 1. The highest BCUT2D eigenvalue weighted by molar-refractivity contribution is 5.98. The predicted molar refractivity (Wildman–Crippen MR) is 344 cm³/mol. The summed E-state index contributed by atoms with van der Waals surface area (Å²) in [6.45, 7) is 4.03. The zero-order valence-electron chi connectivity index (χ0n) is 52.5. The van der Waals surface area contributed by atoms with Crippen molar-refractivity contribution in [1.82, 2.24) is 42.5 Å². The second-order valence-electron chi connectivity index (χ2n) is 21.6. The third kappa shape index (κ3) is 38.2. The fourth-order valence-electron chi connectivity index (χ4n) is 8.66. The van der Waals surface area contributed by atoms with E-state index in [1.165, 1.54) is 0 Å². The van der Waals surface area contributed by atoms with Gasteiger partial charge in [0.25, 0.3) is 0 Å². The van der Waals surface area contributed by atoms with Crippen LogP contribution >= 0.6 is 0 Å². The van der Waals surface area contributed by atoms with Gasteiger partial charge in [-0.1, -0.05) is 20.3 Å². The van der Waals surface area contributed by atoms with Crippen LogP contribution in [0.1, 0.15) is 136 Å². The zero-order chi connectivity index (χ0) is 69.0. The summed E-state index contributed by atoms with van der Waals surface area (Å²) < 4.78 is 0. The number of guanidine groups is 5. The summed E-state index contributed by atoms with van der Waals surface area (Å²) in [5.41, 5.74) is 78.1. The molecule has 10 atom stereocenters. The lowest BCUT2D eigenvalue weighted by Crippen LogP contribution is -2.60.